The molecule has 0 saturated carbocycles. The third-order valence-corrected chi connectivity index (χ3v) is 4.61. The second kappa shape index (κ2) is 6.69. The summed E-state index contributed by atoms with van der Waals surface area (Å²) in [5.74, 6) is 1.14. The Kier molecular flexibility index (Phi) is 4.24. The van der Waals surface area contributed by atoms with Crippen molar-refractivity contribution in [1.82, 2.24) is 9.55 Å². The summed E-state index contributed by atoms with van der Waals surface area (Å²) >= 11 is 0. The van der Waals surface area contributed by atoms with Gasteiger partial charge in [0.1, 0.15) is 11.6 Å². The van der Waals surface area contributed by atoms with E-state index in [9.17, 15) is 4.79 Å². The van der Waals surface area contributed by atoms with Crippen LogP contribution in [0.25, 0.3) is 11.0 Å². The molecular formula is C20H20N2O3. The van der Waals surface area contributed by atoms with Crippen LogP contribution in [0.15, 0.2) is 48.5 Å². The number of imidazole rings is 1. The minimum Gasteiger partial charge on any atom is -0.423 e. The van der Waals surface area contributed by atoms with Gasteiger partial charge >= 0.3 is 5.97 Å². The number of rotatable bonds is 3. The number of aryl methyl sites for hydroxylation is 1. The zero-order valence-corrected chi connectivity index (χ0v) is 14.1. The maximum atomic E-state index is 12.4. The topological polar surface area (TPSA) is 53.3 Å². The highest BCUT2D eigenvalue weighted by Gasteiger charge is 2.21. The quantitative estimate of drug-likeness (QED) is 0.537. The van der Waals surface area contributed by atoms with Crippen molar-refractivity contribution in [3.05, 3.63) is 59.9 Å². The molecule has 1 aliphatic rings. The number of carbonyl (C=O) groups is 1. The van der Waals surface area contributed by atoms with Crippen molar-refractivity contribution in [3.63, 3.8) is 0 Å². The van der Waals surface area contributed by atoms with E-state index in [1.807, 2.05) is 43.3 Å². The number of hydrogen-bond acceptors (Lipinski definition) is 4. The fourth-order valence-corrected chi connectivity index (χ4v) is 3.40. The van der Waals surface area contributed by atoms with Gasteiger partial charge in [-0.1, -0.05) is 18.2 Å². The van der Waals surface area contributed by atoms with Crippen molar-refractivity contribution in [3.8, 4) is 5.75 Å². The summed E-state index contributed by atoms with van der Waals surface area (Å²) in [4.78, 5) is 17.0. The highest BCUT2D eigenvalue weighted by molar-refractivity contribution is 5.95. The Balaban J connectivity index is 1.63. The number of benzene rings is 2. The van der Waals surface area contributed by atoms with Crippen LogP contribution in [0.3, 0.4) is 0 Å². The first kappa shape index (κ1) is 15.8. The molecule has 1 aliphatic heterocycles. The van der Waals surface area contributed by atoms with Crippen LogP contribution in [0.5, 0.6) is 5.75 Å². The number of carbonyl (C=O) groups excluding carboxylic acids is 1. The van der Waals surface area contributed by atoms with Gasteiger partial charge in [0.2, 0.25) is 0 Å². The Morgan fingerprint density at radius 1 is 1.16 bits per heavy atom. The monoisotopic (exact) mass is 336 g/mol. The van der Waals surface area contributed by atoms with Gasteiger partial charge in [0, 0.05) is 19.3 Å². The molecule has 1 aromatic heterocycles. The van der Waals surface area contributed by atoms with Gasteiger partial charge in [0.25, 0.3) is 0 Å². The Labute approximate surface area is 146 Å². The average molecular weight is 336 g/mol. The normalized spacial score (nSPS) is 15.4. The van der Waals surface area contributed by atoms with Crippen molar-refractivity contribution in [2.45, 2.75) is 25.8 Å². The zero-order valence-electron chi connectivity index (χ0n) is 14.1. The van der Waals surface area contributed by atoms with Crippen molar-refractivity contribution in [1.29, 1.82) is 0 Å². The molecule has 0 amide bonds. The fourth-order valence-electron chi connectivity index (χ4n) is 3.40. The fraction of sp³-hybridized carbons (Fsp3) is 0.300. The SMILES string of the molecule is Cc1nc2cc(C(=O)Oc3ccccc3)ccc2n1C1CCOCC1. The predicted molar refractivity (Wildman–Crippen MR) is 95.0 cm³/mol. The molecule has 0 N–H and O–H groups in total. The van der Waals surface area contributed by atoms with Crippen LogP contribution in [0.4, 0.5) is 0 Å². The Bertz CT molecular complexity index is 896. The zero-order chi connectivity index (χ0) is 17.2. The number of fused-ring (bicyclic) bond motifs is 1. The van der Waals surface area contributed by atoms with E-state index in [-0.39, 0.29) is 5.97 Å². The second-order valence-electron chi connectivity index (χ2n) is 6.28. The molecule has 0 spiro atoms. The molecule has 4 rings (SSSR count). The van der Waals surface area contributed by atoms with Crippen molar-refractivity contribution >= 4 is 17.0 Å². The maximum Gasteiger partial charge on any atom is 0.343 e. The van der Waals surface area contributed by atoms with Crippen molar-refractivity contribution in [2.75, 3.05) is 13.2 Å². The van der Waals surface area contributed by atoms with Crippen LogP contribution in [0, 0.1) is 6.92 Å². The summed E-state index contributed by atoms with van der Waals surface area (Å²) in [5.41, 5.74) is 2.39. The van der Waals surface area contributed by atoms with E-state index in [1.54, 1.807) is 12.1 Å². The number of ether oxygens (including phenoxy) is 2. The van der Waals surface area contributed by atoms with Crippen LogP contribution >= 0.6 is 0 Å². The Morgan fingerprint density at radius 2 is 1.92 bits per heavy atom. The first-order chi connectivity index (χ1) is 12.2. The lowest BCUT2D eigenvalue weighted by molar-refractivity contribution is 0.0701. The molecule has 5 nitrogen and oxygen atoms in total. The highest BCUT2D eigenvalue weighted by Crippen LogP contribution is 2.28. The summed E-state index contributed by atoms with van der Waals surface area (Å²) in [5, 5.41) is 0. The molecule has 2 heterocycles. The molecule has 1 saturated heterocycles. The first-order valence-electron chi connectivity index (χ1n) is 8.56. The number of hydrogen-bond donors (Lipinski definition) is 0. The van der Waals surface area contributed by atoms with E-state index in [1.165, 1.54) is 0 Å². The van der Waals surface area contributed by atoms with Crippen LogP contribution in [-0.2, 0) is 4.74 Å². The lowest BCUT2D eigenvalue weighted by Crippen LogP contribution is -2.20. The van der Waals surface area contributed by atoms with Gasteiger partial charge in [0.15, 0.2) is 0 Å². The molecule has 0 radical (unpaired) electrons. The van der Waals surface area contributed by atoms with E-state index in [4.69, 9.17) is 9.47 Å². The van der Waals surface area contributed by atoms with Gasteiger partial charge in [-0.15, -0.1) is 0 Å². The smallest absolute Gasteiger partial charge is 0.343 e. The largest absolute Gasteiger partial charge is 0.423 e. The number of para-hydroxylation sites is 1. The average Bonchev–Trinajstić information content (AvgIpc) is 2.98. The highest BCUT2D eigenvalue weighted by atomic mass is 16.5. The molecule has 5 heteroatoms. The van der Waals surface area contributed by atoms with E-state index in [0.29, 0.717) is 17.4 Å². The van der Waals surface area contributed by atoms with Crippen LogP contribution < -0.4 is 4.74 Å². The second-order valence-corrected chi connectivity index (χ2v) is 6.28. The third-order valence-electron chi connectivity index (χ3n) is 4.61. The minimum absolute atomic E-state index is 0.369. The lowest BCUT2D eigenvalue weighted by atomic mass is 10.1. The van der Waals surface area contributed by atoms with Gasteiger partial charge in [0.05, 0.1) is 16.6 Å². The summed E-state index contributed by atoms with van der Waals surface area (Å²) in [6, 6.07) is 15.1. The van der Waals surface area contributed by atoms with Gasteiger partial charge in [-0.25, -0.2) is 9.78 Å². The summed E-state index contributed by atoms with van der Waals surface area (Å²) < 4.78 is 13.1. The molecule has 0 atom stereocenters. The summed E-state index contributed by atoms with van der Waals surface area (Å²) in [6.45, 7) is 3.58. The maximum absolute atomic E-state index is 12.4. The van der Waals surface area contributed by atoms with Crippen molar-refractivity contribution in [2.24, 2.45) is 0 Å². The Morgan fingerprint density at radius 3 is 2.68 bits per heavy atom. The van der Waals surface area contributed by atoms with E-state index in [2.05, 4.69) is 9.55 Å². The molecule has 2 aromatic carbocycles. The summed E-state index contributed by atoms with van der Waals surface area (Å²) in [7, 11) is 0. The Hall–Kier alpha value is -2.66. The van der Waals surface area contributed by atoms with Crippen LogP contribution in [0.2, 0.25) is 0 Å². The summed E-state index contributed by atoms with van der Waals surface area (Å²) in [6.07, 6.45) is 1.98. The van der Waals surface area contributed by atoms with Crippen LogP contribution in [-0.4, -0.2) is 28.7 Å². The van der Waals surface area contributed by atoms with Gasteiger partial charge in [-0.05, 0) is 50.1 Å². The molecule has 25 heavy (non-hydrogen) atoms. The molecule has 0 bridgehead atoms. The molecule has 128 valence electrons. The first-order valence-corrected chi connectivity index (χ1v) is 8.56. The van der Waals surface area contributed by atoms with Gasteiger partial charge in [-0.2, -0.15) is 0 Å². The molecule has 1 fully saturated rings. The lowest BCUT2D eigenvalue weighted by Gasteiger charge is -2.25. The molecular weight excluding hydrogens is 316 g/mol. The van der Waals surface area contributed by atoms with Crippen LogP contribution in [0.1, 0.15) is 35.1 Å². The van der Waals surface area contributed by atoms with Crippen molar-refractivity contribution < 1.29 is 14.3 Å². The van der Waals surface area contributed by atoms with E-state index >= 15 is 0 Å². The van der Waals surface area contributed by atoms with Gasteiger partial charge in [-0.3, -0.25) is 0 Å². The van der Waals surface area contributed by atoms with E-state index in [0.717, 1.165) is 42.9 Å². The number of aromatic nitrogens is 2. The standard InChI is InChI=1S/C20H20N2O3/c1-14-21-18-13-15(20(23)25-17-5-3-2-4-6-17)7-8-19(18)22(14)16-9-11-24-12-10-16/h2-8,13,16H,9-12H2,1H3. The van der Waals surface area contributed by atoms with Gasteiger partial charge < -0.3 is 14.0 Å². The number of nitrogens with zero attached hydrogens (tertiary/aromatic N) is 2. The predicted octanol–water partition coefficient (Wildman–Crippen LogP) is 3.92. The minimum atomic E-state index is -0.369. The number of esters is 1. The molecule has 0 aliphatic carbocycles. The third kappa shape index (κ3) is 3.15. The van der Waals surface area contributed by atoms with E-state index < -0.39 is 0 Å². The molecule has 3 aromatic rings. The molecule has 0 unspecified atom stereocenters.